The van der Waals surface area contributed by atoms with Crippen molar-refractivity contribution in [2.24, 2.45) is 0 Å². The number of benzene rings is 1. The summed E-state index contributed by atoms with van der Waals surface area (Å²) in [5, 5.41) is 20.4. The minimum Gasteiger partial charge on any atom is -0.545 e. The first-order chi connectivity index (χ1) is 10.2. The standard InChI is InChI=1S/C7H4ClNO4.C5H4Br2N2/c8-6-3-4(9(12)13)1-2-5(6)7(10)11;6-3-1-4(7)5(8)9-2-3/h1-3H,(H,10,11);1-2H,(H2,8,9). The number of hydrogen-bond acceptors (Lipinski definition) is 5. The number of non-ortho nitro benzene ring substituents is 1. The smallest absolute Gasteiger partial charge is 0.284 e. The number of carbonyl (C=O) groups excluding carboxylic acids is 1. The highest BCUT2D eigenvalue weighted by molar-refractivity contribution is 9.11. The van der Waals surface area contributed by atoms with Crippen LogP contribution in [0.1, 0.15) is 10.4 Å². The highest BCUT2D eigenvalue weighted by Gasteiger charge is 2.09. The summed E-state index contributed by atoms with van der Waals surface area (Å²) in [6.45, 7) is 0. The van der Waals surface area contributed by atoms with Crippen LogP contribution in [0.5, 0.6) is 0 Å². The maximum Gasteiger partial charge on any atom is 0.284 e. The van der Waals surface area contributed by atoms with Gasteiger partial charge in [0, 0.05) is 17.7 Å². The SMILES string of the molecule is Nc1[nH+]cc(Br)cc1Br.O=C([O-])c1ccc([N+](=O)[O-])cc1Cl. The van der Waals surface area contributed by atoms with Crippen molar-refractivity contribution in [1.82, 2.24) is 0 Å². The summed E-state index contributed by atoms with van der Waals surface area (Å²) in [4.78, 5) is 22.7. The molecule has 10 heteroatoms. The number of hydrogen-bond donors (Lipinski definition) is 1. The Morgan fingerprint density at radius 1 is 1.32 bits per heavy atom. The van der Waals surface area contributed by atoms with E-state index in [-0.39, 0.29) is 16.3 Å². The Morgan fingerprint density at radius 2 is 1.95 bits per heavy atom. The molecule has 2 aromatic rings. The minimum atomic E-state index is -1.46. The number of anilines is 1. The molecule has 0 spiro atoms. The quantitative estimate of drug-likeness (QED) is 0.552. The van der Waals surface area contributed by atoms with Crippen LogP contribution in [0.15, 0.2) is 39.4 Å². The molecule has 0 aliphatic carbocycles. The molecule has 0 amide bonds. The molecule has 0 bridgehead atoms. The summed E-state index contributed by atoms with van der Waals surface area (Å²) in [6.07, 6.45) is 1.78. The van der Waals surface area contributed by atoms with Gasteiger partial charge in [-0.25, -0.2) is 4.98 Å². The summed E-state index contributed by atoms with van der Waals surface area (Å²) >= 11 is 12.0. The first-order valence-corrected chi connectivity index (χ1v) is 7.46. The zero-order valence-electron chi connectivity index (χ0n) is 10.7. The van der Waals surface area contributed by atoms with E-state index in [1.165, 1.54) is 0 Å². The van der Waals surface area contributed by atoms with E-state index in [4.69, 9.17) is 17.3 Å². The normalized spacial score (nSPS) is 9.59. The molecule has 1 aromatic heterocycles. The lowest BCUT2D eigenvalue weighted by Gasteiger charge is -2.03. The zero-order valence-corrected chi connectivity index (χ0v) is 14.6. The largest absolute Gasteiger partial charge is 0.545 e. The molecule has 0 aliphatic heterocycles. The number of aromatic amines is 1. The van der Waals surface area contributed by atoms with Crippen molar-refractivity contribution in [3.63, 3.8) is 0 Å². The third-order valence-electron chi connectivity index (χ3n) is 2.27. The van der Waals surface area contributed by atoms with E-state index in [2.05, 4.69) is 36.8 Å². The van der Waals surface area contributed by atoms with Gasteiger partial charge < -0.3 is 9.90 Å². The number of nitrogens with one attached hydrogen (secondary N) is 1. The van der Waals surface area contributed by atoms with Crippen LogP contribution in [0.2, 0.25) is 5.02 Å². The Labute approximate surface area is 146 Å². The molecule has 116 valence electrons. The van der Waals surface area contributed by atoms with Crippen LogP contribution >= 0.6 is 43.5 Å². The van der Waals surface area contributed by atoms with Gasteiger partial charge in [-0.15, -0.1) is 0 Å². The second-order valence-corrected chi connectivity index (χ2v) is 5.97. The Morgan fingerprint density at radius 3 is 2.36 bits per heavy atom. The van der Waals surface area contributed by atoms with Gasteiger partial charge in [0.15, 0.2) is 0 Å². The molecule has 0 radical (unpaired) electrons. The fraction of sp³-hybridized carbons (Fsp3) is 0. The highest BCUT2D eigenvalue weighted by atomic mass is 79.9. The maximum absolute atomic E-state index is 10.3. The van der Waals surface area contributed by atoms with Gasteiger partial charge >= 0.3 is 0 Å². The predicted octanol–water partition coefficient (Wildman–Crippen LogP) is 2.22. The van der Waals surface area contributed by atoms with Crippen molar-refractivity contribution in [3.05, 3.63) is 60.1 Å². The number of aromatic nitrogens is 1. The Kier molecular flexibility index (Phi) is 6.72. The summed E-state index contributed by atoms with van der Waals surface area (Å²) in [6, 6.07) is 4.94. The predicted molar refractivity (Wildman–Crippen MR) is 85.2 cm³/mol. The van der Waals surface area contributed by atoms with Gasteiger partial charge in [-0.05, 0) is 44.0 Å². The van der Waals surface area contributed by atoms with E-state index in [9.17, 15) is 20.0 Å². The number of H-pyrrole nitrogens is 1. The van der Waals surface area contributed by atoms with Crippen molar-refractivity contribution in [1.29, 1.82) is 0 Å². The third-order valence-corrected chi connectivity index (χ3v) is 3.70. The molecule has 0 atom stereocenters. The summed E-state index contributed by atoms with van der Waals surface area (Å²) in [5.74, 6) is -0.821. The second-order valence-electron chi connectivity index (χ2n) is 3.79. The number of aromatic carboxylic acids is 1. The van der Waals surface area contributed by atoms with Crippen LogP contribution in [0, 0.1) is 10.1 Å². The number of carboxylic acids is 1. The average molecular weight is 453 g/mol. The molecule has 0 saturated heterocycles. The van der Waals surface area contributed by atoms with Gasteiger partial charge in [0.1, 0.15) is 10.7 Å². The lowest BCUT2D eigenvalue weighted by Crippen LogP contribution is -2.22. The molecule has 3 N–H and O–H groups in total. The number of nitrogens with two attached hydrogens (primary N) is 1. The molecule has 22 heavy (non-hydrogen) atoms. The maximum atomic E-state index is 10.3. The van der Waals surface area contributed by atoms with Gasteiger partial charge in [-0.2, -0.15) is 0 Å². The molecule has 7 nitrogen and oxygen atoms in total. The molecule has 1 aromatic carbocycles. The number of rotatable bonds is 2. The number of carboxylic acid groups (broad SMARTS) is 1. The number of pyridine rings is 1. The Balaban J connectivity index is 0.000000235. The van der Waals surface area contributed by atoms with Gasteiger partial charge in [0.2, 0.25) is 0 Å². The molecule has 2 rings (SSSR count). The van der Waals surface area contributed by atoms with Crippen LogP contribution in [-0.2, 0) is 0 Å². The van der Waals surface area contributed by atoms with E-state index in [0.29, 0.717) is 5.82 Å². The van der Waals surface area contributed by atoms with E-state index in [1.54, 1.807) is 6.20 Å². The van der Waals surface area contributed by atoms with Crippen LogP contribution in [0.3, 0.4) is 0 Å². The van der Waals surface area contributed by atoms with E-state index < -0.39 is 10.9 Å². The molecular formula is C12H8Br2ClN3O4. The highest BCUT2D eigenvalue weighted by Crippen LogP contribution is 2.21. The van der Waals surface area contributed by atoms with Gasteiger partial charge in [0.05, 0.1) is 20.4 Å². The topological polar surface area (TPSA) is 123 Å². The molecule has 0 unspecified atom stereocenters. The van der Waals surface area contributed by atoms with Crippen molar-refractivity contribution in [2.75, 3.05) is 5.73 Å². The number of carbonyl (C=O) groups is 1. The summed E-state index contributed by atoms with van der Waals surface area (Å²) < 4.78 is 1.85. The number of halogens is 3. The van der Waals surface area contributed by atoms with Crippen molar-refractivity contribution < 1.29 is 19.8 Å². The van der Waals surface area contributed by atoms with Crippen LogP contribution in [0.4, 0.5) is 11.5 Å². The van der Waals surface area contributed by atoms with Gasteiger partial charge in [-0.1, -0.05) is 11.6 Å². The Bertz CT molecular complexity index is 728. The average Bonchev–Trinajstić information content (AvgIpc) is 2.43. The second kappa shape index (κ2) is 8.06. The lowest BCUT2D eigenvalue weighted by atomic mass is 10.2. The first kappa shape index (κ1) is 18.3. The molecule has 0 fully saturated rings. The van der Waals surface area contributed by atoms with Crippen LogP contribution in [-0.4, -0.2) is 10.9 Å². The minimum absolute atomic E-state index is 0.200. The van der Waals surface area contributed by atoms with E-state index >= 15 is 0 Å². The van der Waals surface area contributed by atoms with Gasteiger partial charge in [0.25, 0.3) is 11.5 Å². The third kappa shape index (κ3) is 5.24. The molecule has 0 aliphatic rings. The van der Waals surface area contributed by atoms with Gasteiger partial charge in [-0.3, -0.25) is 15.8 Å². The molecular weight excluding hydrogens is 445 g/mol. The van der Waals surface area contributed by atoms with Crippen LogP contribution < -0.4 is 15.8 Å². The molecule has 0 saturated carbocycles. The molecule has 1 heterocycles. The van der Waals surface area contributed by atoms with E-state index in [0.717, 1.165) is 27.1 Å². The first-order valence-electron chi connectivity index (χ1n) is 5.50. The van der Waals surface area contributed by atoms with Crippen molar-refractivity contribution >= 4 is 60.9 Å². The monoisotopic (exact) mass is 451 g/mol. The lowest BCUT2D eigenvalue weighted by molar-refractivity contribution is -0.384. The summed E-state index contributed by atoms with van der Waals surface area (Å²) in [7, 11) is 0. The van der Waals surface area contributed by atoms with Crippen molar-refractivity contribution in [2.45, 2.75) is 0 Å². The fourth-order valence-corrected chi connectivity index (χ4v) is 2.50. The van der Waals surface area contributed by atoms with Crippen LogP contribution in [0.25, 0.3) is 0 Å². The van der Waals surface area contributed by atoms with E-state index in [1.807, 2.05) is 6.07 Å². The zero-order chi connectivity index (χ0) is 16.9. The summed E-state index contributed by atoms with van der Waals surface area (Å²) in [5.41, 5.74) is 4.95. The fourth-order valence-electron chi connectivity index (χ4n) is 1.24. The van der Waals surface area contributed by atoms with Crippen molar-refractivity contribution in [3.8, 4) is 0 Å². The number of nitro benzene ring substituents is 1. The number of nitrogen functional groups attached to an aromatic ring is 1. The number of nitro groups is 1. The Hall–Kier alpha value is -1.71. The number of nitrogens with zero attached hydrogens (tertiary/aromatic N) is 1.